The van der Waals surface area contributed by atoms with Crippen LogP contribution in [0.25, 0.3) is 10.9 Å². The van der Waals surface area contributed by atoms with E-state index in [0.717, 1.165) is 6.20 Å². The Hall–Kier alpha value is -3.92. The van der Waals surface area contributed by atoms with Crippen molar-refractivity contribution in [2.45, 2.75) is 0 Å². The quantitative estimate of drug-likeness (QED) is 0.423. The highest BCUT2D eigenvalue weighted by atomic mass is 35.5. The summed E-state index contributed by atoms with van der Waals surface area (Å²) in [6.07, 6.45) is 5.31. The third kappa shape index (κ3) is 3.87. The number of rotatable bonds is 5. The van der Waals surface area contributed by atoms with Gasteiger partial charge in [-0.1, -0.05) is 11.6 Å². The number of aryl methyl sites for hydroxylation is 2. The number of fused-ring (bicyclic) bond motifs is 1. The molecule has 0 bridgehead atoms. The number of halogens is 2. The Labute approximate surface area is 191 Å². The second-order valence-electron chi connectivity index (χ2n) is 6.95. The van der Waals surface area contributed by atoms with Crippen LogP contribution in [-0.2, 0) is 14.1 Å². The molecule has 4 aromatic rings. The van der Waals surface area contributed by atoms with E-state index in [9.17, 15) is 14.0 Å². The number of hydrogen-bond donors (Lipinski definition) is 3. The first-order valence-corrected chi connectivity index (χ1v) is 9.63. The minimum Gasteiger partial charge on any atom is -0.355 e. The van der Waals surface area contributed by atoms with E-state index in [-0.39, 0.29) is 33.8 Å². The van der Waals surface area contributed by atoms with Crippen LogP contribution in [0.3, 0.4) is 0 Å². The van der Waals surface area contributed by atoms with Crippen molar-refractivity contribution in [3.05, 3.63) is 69.7 Å². The average Bonchev–Trinajstić information content (AvgIpc) is 3.09. The summed E-state index contributed by atoms with van der Waals surface area (Å²) in [6.45, 7) is -2.73. The number of carbonyl (C=O) groups is 1. The van der Waals surface area contributed by atoms with Crippen LogP contribution in [0.4, 0.5) is 27.4 Å². The first-order chi connectivity index (χ1) is 16.4. The Morgan fingerprint density at radius 1 is 1.09 bits per heavy atom. The van der Waals surface area contributed by atoms with Gasteiger partial charge in [0.05, 0.1) is 39.1 Å². The lowest BCUT2D eigenvalue weighted by atomic mass is 10.2. The lowest BCUT2D eigenvalue weighted by Crippen LogP contribution is -2.20. The number of aromatic nitrogens is 4. The van der Waals surface area contributed by atoms with Gasteiger partial charge in [0.15, 0.2) is 0 Å². The molecule has 0 spiro atoms. The van der Waals surface area contributed by atoms with Gasteiger partial charge in [0, 0.05) is 49.8 Å². The van der Waals surface area contributed by atoms with Gasteiger partial charge in [-0.15, -0.1) is 0 Å². The summed E-state index contributed by atoms with van der Waals surface area (Å²) >= 11 is 6.35. The van der Waals surface area contributed by atoms with E-state index >= 15 is 0 Å². The highest BCUT2D eigenvalue weighted by Crippen LogP contribution is 2.32. The van der Waals surface area contributed by atoms with Gasteiger partial charge in [-0.2, -0.15) is 0 Å². The fraction of sp³-hybridized carbons (Fsp3) is 0.143. The maximum Gasteiger partial charge on any atom is 0.261 e. The van der Waals surface area contributed by atoms with Gasteiger partial charge < -0.3 is 25.1 Å². The van der Waals surface area contributed by atoms with E-state index in [4.69, 9.17) is 15.7 Å². The van der Waals surface area contributed by atoms with Crippen LogP contribution in [0.5, 0.6) is 0 Å². The number of nitrogens with one attached hydrogen (secondary N) is 3. The normalized spacial score (nSPS) is 12.7. The molecule has 0 aromatic carbocycles. The first-order valence-electron chi connectivity index (χ1n) is 10.8. The predicted octanol–water partition coefficient (Wildman–Crippen LogP) is 3.31. The number of carbonyl (C=O) groups excluding carboxylic acids is 1. The summed E-state index contributed by atoms with van der Waals surface area (Å²) in [5, 5.41) is 8.46. The van der Waals surface area contributed by atoms with Crippen LogP contribution in [0.2, 0.25) is 5.02 Å². The molecule has 0 aliphatic carbocycles. The largest absolute Gasteiger partial charge is 0.355 e. The highest BCUT2D eigenvalue weighted by molar-refractivity contribution is 6.35. The van der Waals surface area contributed by atoms with Crippen LogP contribution in [0.15, 0.2) is 47.8 Å². The molecule has 0 fully saturated rings. The molecule has 3 N–H and O–H groups in total. The molecular formula is C21H19ClFN7O2. The monoisotopic (exact) mass is 458 g/mol. The molecular weight excluding hydrogens is 437 g/mol. The third-order valence-corrected chi connectivity index (χ3v) is 5.04. The molecule has 32 heavy (non-hydrogen) atoms. The van der Waals surface area contributed by atoms with Gasteiger partial charge in [-0.05, 0) is 12.1 Å². The molecule has 4 aromatic heterocycles. The van der Waals surface area contributed by atoms with E-state index in [2.05, 4.69) is 20.6 Å². The molecule has 11 heteroatoms. The molecule has 0 aliphatic rings. The van der Waals surface area contributed by atoms with Crippen molar-refractivity contribution in [2.75, 3.05) is 17.6 Å². The van der Waals surface area contributed by atoms with Gasteiger partial charge in [0.2, 0.25) is 0 Å². The van der Waals surface area contributed by atoms with Gasteiger partial charge in [0.1, 0.15) is 17.5 Å². The smallest absolute Gasteiger partial charge is 0.261 e. The molecule has 0 saturated heterocycles. The van der Waals surface area contributed by atoms with Gasteiger partial charge in [-0.25, -0.2) is 14.4 Å². The molecule has 0 radical (unpaired) electrons. The van der Waals surface area contributed by atoms with Crippen LogP contribution in [-0.4, -0.2) is 32.0 Å². The average molecular weight is 459 g/mol. The maximum absolute atomic E-state index is 13.2. The second kappa shape index (κ2) is 8.31. The summed E-state index contributed by atoms with van der Waals surface area (Å²) < 4.78 is 38.2. The van der Waals surface area contributed by atoms with E-state index in [1.54, 1.807) is 24.9 Å². The lowest BCUT2D eigenvalue weighted by Gasteiger charge is -2.13. The lowest BCUT2D eigenvalue weighted by molar-refractivity contribution is 0.0963. The van der Waals surface area contributed by atoms with Crippen molar-refractivity contribution in [3.63, 3.8) is 0 Å². The molecule has 164 valence electrons. The minimum absolute atomic E-state index is 0.0883. The Bertz CT molecular complexity index is 1500. The zero-order valence-electron chi connectivity index (χ0n) is 19.9. The molecule has 0 unspecified atom stereocenters. The van der Waals surface area contributed by atoms with Gasteiger partial charge >= 0.3 is 0 Å². The van der Waals surface area contributed by atoms with E-state index in [0.29, 0.717) is 16.2 Å². The Balaban J connectivity index is 1.81. The van der Waals surface area contributed by atoms with Crippen molar-refractivity contribution in [1.82, 2.24) is 24.4 Å². The highest BCUT2D eigenvalue weighted by Gasteiger charge is 2.18. The number of anilines is 4. The molecule has 4 heterocycles. The van der Waals surface area contributed by atoms with E-state index in [1.807, 2.05) is 5.32 Å². The van der Waals surface area contributed by atoms with Crippen LogP contribution < -0.4 is 21.5 Å². The zero-order chi connectivity index (χ0) is 25.5. The zero-order valence-corrected chi connectivity index (χ0v) is 17.7. The molecule has 4 rings (SSSR count). The summed E-state index contributed by atoms with van der Waals surface area (Å²) in [5.74, 6) is -0.907. The maximum atomic E-state index is 13.2. The van der Waals surface area contributed by atoms with Crippen molar-refractivity contribution in [3.8, 4) is 0 Å². The Morgan fingerprint density at radius 3 is 2.59 bits per heavy atom. The number of nitrogens with zero attached hydrogens (tertiary/aromatic N) is 4. The predicted molar refractivity (Wildman–Crippen MR) is 122 cm³/mol. The van der Waals surface area contributed by atoms with Gasteiger partial charge in [0.25, 0.3) is 11.5 Å². The second-order valence-corrected chi connectivity index (χ2v) is 7.36. The SMILES string of the molecule is [2H]C([2H])([2H])NC(=O)c1cnc(Nc2ccc(F)cn2)cc1Nc1cn(C)c2c(Cl)cn(C)c(=O)c12. The minimum atomic E-state index is -2.73. The number of amides is 1. The first kappa shape index (κ1) is 17.7. The van der Waals surface area contributed by atoms with Crippen molar-refractivity contribution in [1.29, 1.82) is 0 Å². The van der Waals surface area contributed by atoms with Gasteiger partial charge in [-0.3, -0.25) is 9.59 Å². The number of pyridine rings is 3. The van der Waals surface area contributed by atoms with Crippen LogP contribution >= 0.6 is 11.6 Å². The fourth-order valence-electron chi connectivity index (χ4n) is 3.29. The van der Waals surface area contributed by atoms with Crippen molar-refractivity contribution in [2.24, 2.45) is 14.1 Å². The topological polar surface area (TPSA) is 106 Å². The van der Waals surface area contributed by atoms with Crippen molar-refractivity contribution < 1.29 is 13.3 Å². The molecule has 0 aliphatic heterocycles. The summed E-state index contributed by atoms with van der Waals surface area (Å²) in [7, 11) is 3.27. The third-order valence-electron chi connectivity index (χ3n) is 4.76. The van der Waals surface area contributed by atoms with E-state index < -0.39 is 18.7 Å². The summed E-state index contributed by atoms with van der Waals surface area (Å²) in [6, 6.07) is 4.05. The standard InChI is InChI=1S/C21H19ClFN7O2/c1-24-20(31)12-8-26-17(28-16-5-4-11(23)7-25-16)6-14(12)27-15-10-29(2)19-13(22)9-30(3)21(32)18(15)19/h4-10H,1-3H3,(H,24,31)(H2,25,26,27,28)/i1D3. The number of hydrogen-bond acceptors (Lipinski definition) is 6. The summed E-state index contributed by atoms with van der Waals surface area (Å²) in [5.41, 5.74) is 0.554. The van der Waals surface area contributed by atoms with Crippen LogP contribution in [0, 0.1) is 5.82 Å². The Morgan fingerprint density at radius 2 is 1.88 bits per heavy atom. The fourth-order valence-corrected chi connectivity index (χ4v) is 3.67. The van der Waals surface area contributed by atoms with E-state index in [1.165, 1.54) is 35.2 Å². The molecule has 9 nitrogen and oxygen atoms in total. The molecule has 1 amide bonds. The molecule has 0 saturated carbocycles. The molecule has 0 atom stereocenters. The summed E-state index contributed by atoms with van der Waals surface area (Å²) in [4.78, 5) is 33.6. The van der Waals surface area contributed by atoms with Crippen LogP contribution in [0.1, 0.15) is 14.5 Å². The van der Waals surface area contributed by atoms with Crippen molar-refractivity contribution >= 4 is 51.4 Å². The Kier molecular flexibility index (Phi) is 4.60.